The molecule has 0 saturated carbocycles. The van der Waals surface area contributed by atoms with Crippen LogP contribution in [-0.2, 0) is 9.59 Å². The molecule has 0 unspecified atom stereocenters. The molecule has 0 aromatic rings. The number of aliphatic imine (C=N–C) groups is 1. The molecule has 6 heteroatoms. The number of carbonyl (C=O) groups is 2. The van der Waals surface area contributed by atoms with Crippen LogP contribution in [0.1, 0.15) is 26.2 Å². The number of nitrogens with zero attached hydrogens (tertiary/aromatic N) is 3. The second-order valence-corrected chi connectivity index (χ2v) is 4.06. The Morgan fingerprint density at radius 1 is 1.50 bits per heavy atom. The Hall–Kier alpha value is -1.17. The number of hydrogen-bond donors (Lipinski definition) is 0. The summed E-state index contributed by atoms with van der Waals surface area (Å²) in [4.78, 5) is 26.1. The number of rotatable bonds is 2. The third-order valence-corrected chi connectivity index (χ3v) is 2.79. The molecular weight excluding hydrogens is 202 g/mol. The number of amides is 2. The highest BCUT2D eigenvalue weighted by atomic mass is 32.2. The van der Waals surface area contributed by atoms with Gasteiger partial charge in [-0.2, -0.15) is 15.1 Å². The van der Waals surface area contributed by atoms with E-state index in [9.17, 15) is 9.59 Å². The van der Waals surface area contributed by atoms with Crippen LogP contribution in [-0.4, -0.2) is 27.0 Å². The fourth-order valence-electron chi connectivity index (χ4n) is 1.22. The summed E-state index contributed by atoms with van der Waals surface area (Å²) in [7, 11) is 0. The first-order chi connectivity index (χ1) is 6.70. The van der Waals surface area contributed by atoms with Crippen LogP contribution in [0.2, 0.25) is 0 Å². The van der Waals surface area contributed by atoms with Crippen LogP contribution in [0.3, 0.4) is 0 Å². The van der Waals surface area contributed by atoms with E-state index in [2.05, 4.69) is 10.1 Å². The molecule has 2 aliphatic rings. The van der Waals surface area contributed by atoms with E-state index in [4.69, 9.17) is 0 Å². The molecular formula is C8H9N3O2S. The monoisotopic (exact) mass is 211 g/mol. The molecule has 0 radical (unpaired) electrons. The smallest absolute Gasteiger partial charge is 0.258 e. The van der Waals surface area contributed by atoms with Crippen molar-refractivity contribution in [1.82, 2.24) is 5.01 Å². The van der Waals surface area contributed by atoms with Crippen LogP contribution in [0.5, 0.6) is 0 Å². The summed E-state index contributed by atoms with van der Waals surface area (Å²) in [6.07, 6.45) is 1.63. The van der Waals surface area contributed by atoms with Gasteiger partial charge in [0.25, 0.3) is 11.8 Å². The molecule has 0 saturated heterocycles. The van der Waals surface area contributed by atoms with Gasteiger partial charge in [0.05, 0.1) is 0 Å². The van der Waals surface area contributed by atoms with E-state index >= 15 is 0 Å². The topological polar surface area (TPSA) is 62.1 Å². The predicted octanol–water partition coefficient (Wildman–Crippen LogP) is 0.962. The lowest BCUT2D eigenvalue weighted by Crippen LogP contribution is -2.33. The number of fused-ring (bicyclic) bond motifs is 1. The van der Waals surface area contributed by atoms with Crippen LogP contribution in [0.15, 0.2) is 10.1 Å². The molecule has 0 aliphatic carbocycles. The van der Waals surface area contributed by atoms with E-state index in [0.717, 1.165) is 17.9 Å². The first kappa shape index (κ1) is 9.39. The molecule has 2 rings (SSSR count). The summed E-state index contributed by atoms with van der Waals surface area (Å²) in [5.74, 6) is -0.652. The highest BCUT2D eigenvalue weighted by Crippen LogP contribution is 2.26. The van der Waals surface area contributed by atoms with Crippen molar-refractivity contribution in [3.63, 3.8) is 0 Å². The molecule has 2 amide bonds. The van der Waals surface area contributed by atoms with Crippen molar-refractivity contribution in [2.45, 2.75) is 26.2 Å². The normalized spacial score (nSPS) is 20.8. The molecule has 2 heterocycles. The average molecular weight is 211 g/mol. The second kappa shape index (κ2) is 3.53. The Morgan fingerprint density at radius 3 is 3.00 bits per heavy atom. The third kappa shape index (κ3) is 1.57. The molecule has 0 fully saturated rings. The lowest BCUT2D eigenvalue weighted by atomic mass is 10.3. The summed E-state index contributed by atoms with van der Waals surface area (Å²) < 4.78 is 0. The molecule has 0 aromatic heterocycles. The van der Waals surface area contributed by atoms with Crippen LogP contribution in [0.4, 0.5) is 0 Å². The van der Waals surface area contributed by atoms with Gasteiger partial charge in [-0.15, -0.1) is 0 Å². The van der Waals surface area contributed by atoms with Crippen LogP contribution in [0, 0.1) is 0 Å². The van der Waals surface area contributed by atoms with Gasteiger partial charge in [-0.1, -0.05) is 6.92 Å². The van der Waals surface area contributed by atoms with Crippen LogP contribution < -0.4 is 0 Å². The van der Waals surface area contributed by atoms with Crippen molar-refractivity contribution >= 4 is 33.8 Å². The Balaban J connectivity index is 2.22. The zero-order chi connectivity index (χ0) is 10.1. The fraction of sp³-hybridized carbons (Fsp3) is 0.500. The lowest BCUT2D eigenvalue weighted by Gasteiger charge is -2.14. The number of hydrogen-bond acceptors (Lipinski definition) is 4. The third-order valence-electron chi connectivity index (χ3n) is 1.82. The van der Waals surface area contributed by atoms with Crippen LogP contribution >= 0.6 is 11.8 Å². The van der Waals surface area contributed by atoms with E-state index in [0.29, 0.717) is 5.17 Å². The summed E-state index contributed by atoms with van der Waals surface area (Å²) in [6.45, 7) is 2.04. The Labute approximate surface area is 85.2 Å². The summed E-state index contributed by atoms with van der Waals surface area (Å²) in [6, 6.07) is 0. The van der Waals surface area contributed by atoms with Gasteiger partial charge >= 0.3 is 0 Å². The largest absolute Gasteiger partial charge is 0.272 e. The van der Waals surface area contributed by atoms with E-state index in [-0.39, 0.29) is 18.2 Å². The van der Waals surface area contributed by atoms with E-state index in [1.54, 1.807) is 0 Å². The highest BCUT2D eigenvalue weighted by molar-refractivity contribution is 8.26. The van der Waals surface area contributed by atoms with Crippen molar-refractivity contribution < 1.29 is 9.59 Å². The minimum absolute atomic E-state index is 0.160. The Morgan fingerprint density at radius 2 is 2.29 bits per heavy atom. The zero-order valence-electron chi connectivity index (χ0n) is 7.69. The maximum absolute atomic E-state index is 11.3. The van der Waals surface area contributed by atoms with Crippen molar-refractivity contribution in [3.8, 4) is 0 Å². The van der Waals surface area contributed by atoms with Gasteiger partial charge in [0.2, 0.25) is 5.17 Å². The molecule has 5 nitrogen and oxygen atoms in total. The van der Waals surface area contributed by atoms with Gasteiger partial charge in [0.1, 0.15) is 11.5 Å². The Bertz CT molecular complexity index is 362. The quantitative estimate of drug-likeness (QED) is 0.639. The first-order valence-corrected chi connectivity index (χ1v) is 5.22. The van der Waals surface area contributed by atoms with E-state index in [1.807, 2.05) is 6.92 Å². The highest BCUT2D eigenvalue weighted by Gasteiger charge is 2.33. The van der Waals surface area contributed by atoms with Gasteiger partial charge < -0.3 is 0 Å². The summed E-state index contributed by atoms with van der Waals surface area (Å²) >= 11 is 1.31. The fourth-order valence-corrected chi connectivity index (χ4v) is 2.24. The average Bonchev–Trinajstić information content (AvgIpc) is 2.48. The summed E-state index contributed by atoms with van der Waals surface area (Å²) in [5.41, 5.74) is 0. The maximum atomic E-state index is 11.3. The first-order valence-electron chi connectivity index (χ1n) is 4.40. The minimum Gasteiger partial charge on any atom is -0.272 e. The molecule has 0 aromatic carbocycles. The maximum Gasteiger partial charge on any atom is 0.258 e. The van der Waals surface area contributed by atoms with Crippen LogP contribution in [0.25, 0.3) is 0 Å². The number of hydrazone groups is 1. The van der Waals surface area contributed by atoms with Gasteiger partial charge in [-0.05, 0) is 24.6 Å². The molecule has 2 aliphatic heterocycles. The molecule has 0 atom stereocenters. The SMILES string of the molecule is CCCC1=NN2C(=O)CC(=O)N=C2S1. The number of carbonyl (C=O) groups excluding carboxylic acids is 2. The molecule has 0 spiro atoms. The lowest BCUT2D eigenvalue weighted by molar-refractivity contribution is -0.133. The van der Waals surface area contributed by atoms with E-state index in [1.165, 1.54) is 16.8 Å². The Kier molecular flexibility index (Phi) is 2.37. The minimum atomic E-state index is -0.373. The zero-order valence-corrected chi connectivity index (χ0v) is 8.50. The molecule has 0 N–H and O–H groups in total. The van der Waals surface area contributed by atoms with Gasteiger partial charge in [0.15, 0.2) is 0 Å². The van der Waals surface area contributed by atoms with Gasteiger partial charge in [0, 0.05) is 0 Å². The van der Waals surface area contributed by atoms with Crippen molar-refractivity contribution in [1.29, 1.82) is 0 Å². The van der Waals surface area contributed by atoms with Crippen molar-refractivity contribution in [2.24, 2.45) is 10.1 Å². The van der Waals surface area contributed by atoms with E-state index < -0.39 is 0 Å². The summed E-state index contributed by atoms with van der Waals surface area (Å²) in [5, 5.41) is 6.60. The van der Waals surface area contributed by atoms with Gasteiger partial charge in [-0.3, -0.25) is 9.59 Å². The van der Waals surface area contributed by atoms with Gasteiger partial charge in [-0.25, -0.2) is 0 Å². The van der Waals surface area contributed by atoms with Crippen molar-refractivity contribution in [2.75, 3.05) is 0 Å². The molecule has 0 bridgehead atoms. The standard InChI is InChI=1S/C8H9N3O2S/c1-2-3-6-10-11-7(13)4-5(12)9-8(11)14-6/h2-4H2,1H3. The molecule has 74 valence electrons. The number of amidine groups is 1. The molecule has 14 heavy (non-hydrogen) atoms. The van der Waals surface area contributed by atoms with Crippen molar-refractivity contribution in [3.05, 3.63) is 0 Å². The second-order valence-electron chi connectivity index (χ2n) is 3.02. The number of thioether (sulfide) groups is 1. The predicted molar refractivity (Wildman–Crippen MR) is 53.8 cm³/mol.